The normalized spacial score (nSPS) is 12.6. The maximum absolute atomic E-state index is 5.36. The molecular formula is C10H20OS. The van der Waals surface area contributed by atoms with Crippen molar-refractivity contribution >= 4 is 17.3 Å². The van der Waals surface area contributed by atoms with Gasteiger partial charge in [0.25, 0.3) is 0 Å². The highest BCUT2D eigenvalue weighted by Gasteiger charge is 2.01. The second-order valence-electron chi connectivity index (χ2n) is 3.27. The van der Waals surface area contributed by atoms with E-state index in [2.05, 4.69) is 13.8 Å². The van der Waals surface area contributed by atoms with Gasteiger partial charge >= 0.3 is 0 Å². The van der Waals surface area contributed by atoms with Crippen molar-refractivity contribution in [1.82, 2.24) is 0 Å². The van der Waals surface area contributed by atoms with Crippen LogP contribution in [0.1, 0.15) is 52.9 Å². The predicted octanol–water partition coefficient (Wildman–Crippen LogP) is 3.71. The van der Waals surface area contributed by atoms with E-state index in [0.29, 0.717) is 11.2 Å². The summed E-state index contributed by atoms with van der Waals surface area (Å²) in [5, 5.41) is 0.665. The average Bonchev–Trinajstić information content (AvgIpc) is 1.97. The lowest BCUT2D eigenvalue weighted by Gasteiger charge is -2.12. The Bertz CT molecular complexity index is 123. The molecule has 0 saturated carbocycles. The molecule has 72 valence electrons. The second-order valence-corrected chi connectivity index (χ2v) is 3.84. The number of rotatable bonds is 6. The topological polar surface area (TPSA) is 9.23 Å². The van der Waals surface area contributed by atoms with Crippen LogP contribution in [0, 0.1) is 0 Å². The zero-order valence-electron chi connectivity index (χ0n) is 8.43. The monoisotopic (exact) mass is 188 g/mol. The van der Waals surface area contributed by atoms with Crippen molar-refractivity contribution in [1.29, 1.82) is 0 Å². The highest BCUT2D eigenvalue weighted by molar-refractivity contribution is 7.80. The van der Waals surface area contributed by atoms with E-state index in [1.807, 2.05) is 6.92 Å². The molecule has 0 bridgehead atoms. The van der Waals surface area contributed by atoms with Crippen LogP contribution in [0.25, 0.3) is 0 Å². The van der Waals surface area contributed by atoms with E-state index in [-0.39, 0.29) is 0 Å². The number of hydrogen-bond acceptors (Lipinski definition) is 2. The average molecular weight is 188 g/mol. The van der Waals surface area contributed by atoms with Crippen LogP contribution in [-0.4, -0.2) is 11.2 Å². The van der Waals surface area contributed by atoms with Gasteiger partial charge in [0, 0.05) is 6.92 Å². The van der Waals surface area contributed by atoms with Crippen LogP contribution >= 0.6 is 12.2 Å². The Balaban J connectivity index is 3.19. The molecule has 0 rings (SSSR count). The van der Waals surface area contributed by atoms with E-state index in [0.717, 1.165) is 6.42 Å². The molecule has 0 saturated heterocycles. The van der Waals surface area contributed by atoms with Crippen molar-refractivity contribution in [3.63, 3.8) is 0 Å². The van der Waals surface area contributed by atoms with Gasteiger partial charge in [-0.1, -0.05) is 26.2 Å². The Labute approximate surface area is 81.5 Å². The van der Waals surface area contributed by atoms with Crippen LogP contribution in [0.15, 0.2) is 0 Å². The minimum absolute atomic E-state index is 0.305. The fraction of sp³-hybridized carbons (Fsp3) is 0.900. The summed E-state index contributed by atoms with van der Waals surface area (Å²) in [5.41, 5.74) is 0. The third-order valence-electron chi connectivity index (χ3n) is 1.83. The first kappa shape index (κ1) is 11.9. The first-order chi connectivity index (χ1) is 5.66. The minimum Gasteiger partial charge on any atom is -0.485 e. The smallest absolute Gasteiger partial charge is 0.156 e. The summed E-state index contributed by atoms with van der Waals surface area (Å²) in [4.78, 5) is 0. The molecule has 0 spiro atoms. The number of thiocarbonyl (C=S) groups is 1. The number of hydrogen-bond donors (Lipinski definition) is 0. The number of ether oxygens (including phenoxy) is 1. The van der Waals surface area contributed by atoms with Crippen LogP contribution in [0.4, 0.5) is 0 Å². The zero-order chi connectivity index (χ0) is 9.40. The standard InChI is InChI=1S/C10H20OS/c1-4-5-6-7-8-9(2)11-10(3)12/h9H,4-8H2,1-3H3/t9-/m0/s1. The van der Waals surface area contributed by atoms with Crippen LogP contribution in [0.2, 0.25) is 0 Å². The van der Waals surface area contributed by atoms with Gasteiger partial charge in [-0.3, -0.25) is 0 Å². The van der Waals surface area contributed by atoms with E-state index in [1.54, 1.807) is 0 Å². The molecule has 0 aromatic carbocycles. The van der Waals surface area contributed by atoms with Gasteiger partial charge in [-0.2, -0.15) is 0 Å². The maximum Gasteiger partial charge on any atom is 0.156 e. The Morgan fingerprint density at radius 2 is 2.00 bits per heavy atom. The second kappa shape index (κ2) is 7.53. The van der Waals surface area contributed by atoms with E-state index >= 15 is 0 Å². The van der Waals surface area contributed by atoms with Crippen LogP contribution in [0.3, 0.4) is 0 Å². The summed E-state index contributed by atoms with van der Waals surface area (Å²) >= 11 is 4.85. The molecule has 0 unspecified atom stereocenters. The summed E-state index contributed by atoms with van der Waals surface area (Å²) in [5.74, 6) is 0. The van der Waals surface area contributed by atoms with E-state index in [9.17, 15) is 0 Å². The third-order valence-corrected chi connectivity index (χ3v) is 1.93. The van der Waals surface area contributed by atoms with E-state index in [4.69, 9.17) is 17.0 Å². The van der Waals surface area contributed by atoms with Crippen molar-refractivity contribution in [3.8, 4) is 0 Å². The maximum atomic E-state index is 5.36. The molecule has 12 heavy (non-hydrogen) atoms. The van der Waals surface area contributed by atoms with Gasteiger partial charge < -0.3 is 4.74 Å². The van der Waals surface area contributed by atoms with Crippen molar-refractivity contribution in [2.24, 2.45) is 0 Å². The van der Waals surface area contributed by atoms with E-state index in [1.165, 1.54) is 25.7 Å². The minimum atomic E-state index is 0.305. The van der Waals surface area contributed by atoms with Gasteiger partial charge in [-0.25, -0.2) is 0 Å². The summed E-state index contributed by atoms with van der Waals surface area (Å²) in [6.07, 6.45) is 6.65. The molecule has 0 radical (unpaired) electrons. The molecule has 2 heteroatoms. The van der Waals surface area contributed by atoms with Crippen LogP contribution in [0.5, 0.6) is 0 Å². The molecule has 0 aliphatic carbocycles. The Morgan fingerprint density at radius 3 is 2.50 bits per heavy atom. The molecule has 1 nitrogen and oxygen atoms in total. The number of unbranched alkanes of at least 4 members (excludes halogenated alkanes) is 3. The highest BCUT2D eigenvalue weighted by atomic mass is 32.1. The van der Waals surface area contributed by atoms with Gasteiger partial charge in [0.1, 0.15) is 0 Å². The predicted molar refractivity (Wildman–Crippen MR) is 57.6 cm³/mol. The molecule has 0 heterocycles. The van der Waals surface area contributed by atoms with Gasteiger partial charge in [0.05, 0.1) is 6.10 Å². The summed E-state index contributed by atoms with van der Waals surface area (Å²) in [6, 6.07) is 0. The van der Waals surface area contributed by atoms with Gasteiger partial charge in [0.2, 0.25) is 0 Å². The van der Waals surface area contributed by atoms with Gasteiger partial charge in [-0.15, -0.1) is 0 Å². The largest absolute Gasteiger partial charge is 0.485 e. The molecule has 0 amide bonds. The highest BCUT2D eigenvalue weighted by Crippen LogP contribution is 2.07. The summed E-state index contributed by atoms with van der Waals surface area (Å²) < 4.78 is 5.36. The fourth-order valence-corrected chi connectivity index (χ4v) is 1.37. The Kier molecular flexibility index (Phi) is 7.47. The fourth-order valence-electron chi connectivity index (χ4n) is 1.20. The van der Waals surface area contributed by atoms with Crippen molar-refractivity contribution in [2.45, 2.75) is 59.0 Å². The Morgan fingerprint density at radius 1 is 1.33 bits per heavy atom. The Hall–Kier alpha value is -0.110. The van der Waals surface area contributed by atoms with Crippen molar-refractivity contribution in [3.05, 3.63) is 0 Å². The lowest BCUT2D eigenvalue weighted by atomic mass is 10.1. The zero-order valence-corrected chi connectivity index (χ0v) is 9.25. The molecule has 0 aromatic heterocycles. The van der Waals surface area contributed by atoms with Crippen LogP contribution < -0.4 is 0 Å². The molecule has 0 aromatic rings. The first-order valence-electron chi connectivity index (χ1n) is 4.84. The lowest BCUT2D eigenvalue weighted by Crippen LogP contribution is -2.10. The molecule has 1 atom stereocenters. The molecule has 0 aliphatic heterocycles. The molecule has 0 fully saturated rings. The quantitative estimate of drug-likeness (QED) is 0.464. The van der Waals surface area contributed by atoms with Crippen molar-refractivity contribution < 1.29 is 4.74 Å². The summed E-state index contributed by atoms with van der Waals surface area (Å²) in [7, 11) is 0. The van der Waals surface area contributed by atoms with E-state index < -0.39 is 0 Å². The van der Waals surface area contributed by atoms with Gasteiger partial charge in [0.15, 0.2) is 5.05 Å². The summed E-state index contributed by atoms with van der Waals surface area (Å²) in [6.45, 7) is 6.14. The SMILES string of the molecule is CCCCCC[C@H](C)OC(C)=S. The molecule has 0 N–H and O–H groups in total. The third kappa shape index (κ3) is 7.99. The van der Waals surface area contributed by atoms with Crippen molar-refractivity contribution in [2.75, 3.05) is 0 Å². The molecular weight excluding hydrogens is 168 g/mol. The first-order valence-corrected chi connectivity index (χ1v) is 5.24. The van der Waals surface area contributed by atoms with Crippen LogP contribution in [-0.2, 0) is 4.74 Å². The van der Waals surface area contributed by atoms with Gasteiger partial charge in [-0.05, 0) is 32.0 Å². The molecule has 0 aliphatic rings. The lowest BCUT2D eigenvalue weighted by molar-refractivity contribution is 0.197.